The van der Waals surface area contributed by atoms with Gasteiger partial charge in [-0.2, -0.15) is 0 Å². The van der Waals surface area contributed by atoms with Crippen LogP contribution in [0.25, 0.3) is 0 Å². The zero-order chi connectivity index (χ0) is 21.5. The van der Waals surface area contributed by atoms with Gasteiger partial charge in [0, 0.05) is 0 Å². The molecule has 0 bridgehead atoms. The van der Waals surface area contributed by atoms with Crippen LogP contribution in [0.4, 0.5) is 0 Å². The molecule has 1 rings (SSSR count). The fourth-order valence-electron chi connectivity index (χ4n) is 2.43. The molecule has 4 atom stereocenters. The van der Waals surface area contributed by atoms with Crippen LogP contribution >= 0.6 is 0 Å². The molecular weight excluding hydrogens is 372 g/mol. The molecule has 0 aromatic heterocycles. The Morgan fingerprint density at radius 3 is 1.81 bits per heavy atom. The summed E-state index contributed by atoms with van der Waals surface area (Å²) < 4.78 is 18.3. The number of hydrogen-bond donors (Lipinski definition) is 1. The molecule has 0 aromatic carbocycles. The molecule has 27 heavy (non-hydrogen) atoms. The third kappa shape index (κ3) is 6.51. The Morgan fingerprint density at radius 2 is 1.44 bits per heavy atom. The van der Waals surface area contributed by atoms with E-state index in [0.29, 0.717) is 0 Å². The topological polar surface area (TPSA) is 51.2 Å². The Morgan fingerprint density at radius 1 is 1.00 bits per heavy atom. The highest BCUT2D eigenvalue weighted by Gasteiger charge is 2.52. The first-order valence-electron chi connectivity index (χ1n) is 10.2. The van der Waals surface area contributed by atoms with Gasteiger partial charge in [-0.1, -0.05) is 47.6 Å². The highest BCUT2D eigenvalue weighted by Crippen LogP contribution is 2.40. The summed E-state index contributed by atoms with van der Waals surface area (Å²) in [7, 11) is -3.80. The fourth-order valence-corrected chi connectivity index (χ4v) is 4.82. The van der Waals surface area contributed by atoms with Gasteiger partial charge in [0.05, 0.1) is 18.8 Å². The molecule has 1 N–H and O–H groups in total. The molecule has 0 saturated carbocycles. The van der Waals surface area contributed by atoms with Crippen molar-refractivity contribution in [2.24, 2.45) is 0 Å². The Bertz CT molecular complexity index is 531. The van der Waals surface area contributed by atoms with Crippen LogP contribution in [0.5, 0.6) is 0 Å². The summed E-state index contributed by atoms with van der Waals surface area (Å²) >= 11 is 0. The second kappa shape index (κ2) is 8.03. The van der Waals surface area contributed by atoms with Crippen molar-refractivity contribution in [3.8, 4) is 0 Å². The van der Waals surface area contributed by atoms with Gasteiger partial charge in [-0.25, -0.2) is 0 Å². The van der Waals surface area contributed by atoms with E-state index in [2.05, 4.69) is 67.7 Å². The average molecular weight is 417 g/mol. The van der Waals surface area contributed by atoms with Gasteiger partial charge in [0.25, 0.3) is 0 Å². The molecule has 0 amide bonds. The number of ether oxygens (including phenoxy) is 1. The van der Waals surface area contributed by atoms with Gasteiger partial charge in [-0.3, -0.25) is 0 Å². The largest absolute Gasteiger partial charge is 0.413 e. The van der Waals surface area contributed by atoms with Gasteiger partial charge >= 0.3 is 0 Å². The fraction of sp³-hybridized carbons (Fsp3) is 0.905. The highest BCUT2D eigenvalue weighted by molar-refractivity contribution is 6.74. The molecule has 1 saturated heterocycles. The van der Waals surface area contributed by atoms with Gasteiger partial charge < -0.3 is 18.7 Å². The average Bonchev–Trinajstić information content (AvgIpc) is 3.18. The minimum Gasteiger partial charge on any atom is -0.413 e. The van der Waals surface area contributed by atoms with Crippen molar-refractivity contribution < 1.29 is 18.7 Å². The molecule has 160 valence electrons. The lowest BCUT2D eigenvalue weighted by Gasteiger charge is -2.39. The quantitative estimate of drug-likeness (QED) is 0.323. The number of hydrogen-bond acceptors (Lipinski definition) is 4. The standard InChI is InChI=1S/C21H44O4Si2/c1-16(25-27(11,12)20(6,7)8)13-14-21(22,18-17(2)24-18)15-23-26(9,10)19(3,4)5/h13-14,16-18,22H,15H2,1-12H3/b14-13+/t16-,17-,18+,21+/m0/s1. The van der Waals surface area contributed by atoms with Crippen LogP contribution in [-0.2, 0) is 13.6 Å². The van der Waals surface area contributed by atoms with E-state index in [-0.39, 0.29) is 35.0 Å². The summed E-state index contributed by atoms with van der Waals surface area (Å²) in [6.07, 6.45) is 3.62. The zero-order valence-electron chi connectivity index (χ0n) is 19.8. The van der Waals surface area contributed by atoms with Crippen LogP contribution in [0.3, 0.4) is 0 Å². The molecule has 1 heterocycles. The maximum absolute atomic E-state index is 11.3. The second-order valence-electron chi connectivity index (χ2n) is 11.2. The third-order valence-corrected chi connectivity index (χ3v) is 15.7. The number of rotatable bonds is 8. The zero-order valence-corrected chi connectivity index (χ0v) is 21.8. The molecule has 6 heteroatoms. The summed E-state index contributed by atoms with van der Waals surface area (Å²) in [6, 6.07) is 0. The van der Waals surface area contributed by atoms with Crippen LogP contribution in [-0.4, -0.2) is 52.3 Å². The first-order valence-corrected chi connectivity index (χ1v) is 16.0. The van der Waals surface area contributed by atoms with E-state index in [1.165, 1.54) is 0 Å². The Hall–Kier alpha value is 0.0138. The van der Waals surface area contributed by atoms with Gasteiger partial charge in [-0.15, -0.1) is 0 Å². The number of epoxide rings is 1. The number of aliphatic hydroxyl groups is 1. The molecule has 4 nitrogen and oxygen atoms in total. The molecule has 0 unspecified atom stereocenters. The van der Waals surface area contributed by atoms with E-state index < -0.39 is 22.2 Å². The molecule has 0 aliphatic carbocycles. The normalized spacial score (nSPS) is 25.5. The van der Waals surface area contributed by atoms with E-state index in [0.717, 1.165) is 0 Å². The van der Waals surface area contributed by atoms with Crippen molar-refractivity contribution in [1.29, 1.82) is 0 Å². The van der Waals surface area contributed by atoms with Crippen LogP contribution < -0.4 is 0 Å². The van der Waals surface area contributed by atoms with Crippen molar-refractivity contribution in [1.82, 2.24) is 0 Å². The van der Waals surface area contributed by atoms with Gasteiger partial charge in [0.2, 0.25) is 0 Å². The molecule has 1 aliphatic heterocycles. The molecule has 1 aliphatic rings. The minimum atomic E-state index is -1.95. The van der Waals surface area contributed by atoms with E-state index in [1.54, 1.807) is 0 Å². The lowest BCUT2D eigenvalue weighted by Crippen LogP contribution is -2.48. The van der Waals surface area contributed by atoms with Crippen LogP contribution in [0.1, 0.15) is 55.4 Å². The van der Waals surface area contributed by atoms with Crippen LogP contribution in [0.2, 0.25) is 36.3 Å². The SMILES string of the molecule is C[C@@H]1O[C@H]1[C@@](O)(/C=C/[C@H](C)O[Si](C)(C)C(C)(C)C)CO[Si](C)(C)C(C)(C)C. The maximum Gasteiger partial charge on any atom is 0.192 e. The third-order valence-electron chi connectivity index (χ3n) is 6.62. The summed E-state index contributed by atoms with van der Waals surface area (Å²) in [6.45, 7) is 26.5. The molecule has 1 fully saturated rings. The van der Waals surface area contributed by atoms with Crippen molar-refractivity contribution in [3.63, 3.8) is 0 Å². The first kappa shape index (κ1) is 25.1. The Balaban J connectivity index is 2.87. The van der Waals surface area contributed by atoms with E-state index in [9.17, 15) is 5.11 Å². The molecular formula is C21H44O4Si2. The molecule has 0 aromatic rings. The van der Waals surface area contributed by atoms with E-state index >= 15 is 0 Å². The monoisotopic (exact) mass is 416 g/mol. The predicted octanol–water partition coefficient (Wildman–Crippen LogP) is 5.49. The van der Waals surface area contributed by atoms with E-state index in [4.69, 9.17) is 13.6 Å². The predicted molar refractivity (Wildman–Crippen MR) is 119 cm³/mol. The molecule has 0 radical (unpaired) electrons. The summed E-state index contributed by atoms with van der Waals surface area (Å²) in [5.41, 5.74) is -1.11. The van der Waals surface area contributed by atoms with Crippen molar-refractivity contribution in [3.05, 3.63) is 12.2 Å². The first-order chi connectivity index (χ1) is 11.8. The van der Waals surface area contributed by atoms with Crippen molar-refractivity contribution in [2.75, 3.05) is 6.61 Å². The summed E-state index contributed by atoms with van der Waals surface area (Å²) in [5.74, 6) is 0. The Labute approximate surface area is 169 Å². The van der Waals surface area contributed by atoms with Crippen molar-refractivity contribution in [2.45, 2.75) is 116 Å². The highest BCUT2D eigenvalue weighted by atomic mass is 28.4. The Kier molecular flexibility index (Phi) is 7.45. The minimum absolute atomic E-state index is 0.0549. The lowest BCUT2D eigenvalue weighted by atomic mass is 9.98. The molecule has 0 spiro atoms. The van der Waals surface area contributed by atoms with Crippen LogP contribution in [0, 0.1) is 0 Å². The second-order valence-corrected chi connectivity index (χ2v) is 20.8. The van der Waals surface area contributed by atoms with Crippen LogP contribution in [0.15, 0.2) is 12.2 Å². The lowest BCUT2D eigenvalue weighted by molar-refractivity contribution is 0.00815. The smallest absolute Gasteiger partial charge is 0.192 e. The van der Waals surface area contributed by atoms with Gasteiger partial charge in [0.1, 0.15) is 11.7 Å². The summed E-state index contributed by atoms with van der Waals surface area (Å²) in [5, 5.41) is 11.6. The van der Waals surface area contributed by atoms with E-state index in [1.807, 2.05) is 26.0 Å². The van der Waals surface area contributed by atoms with Crippen molar-refractivity contribution >= 4 is 16.6 Å². The van der Waals surface area contributed by atoms with Gasteiger partial charge in [0.15, 0.2) is 16.6 Å². The maximum atomic E-state index is 11.3. The summed E-state index contributed by atoms with van der Waals surface area (Å²) in [4.78, 5) is 0. The van der Waals surface area contributed by atoms with Gasteiger partial charge in [-0.05, 0) is 56.2 Å².